The van der Waals surface area contributed by atoms with Gasteiger partial charge in [0.25, 0.3) is 5.22 Å². The van der Waals surface area contributed by atoms with Crippen molar-refractivity contribution in [3.63, 3.8) is 0 Å². The minimum atomic E-state index is 0.101. The van der Waals surface area contributed by atoms with Crippen molar-refractivity contribution in [3.8, 4) is 0 Å². The van der Waals surface area contributed by atoms with Crippen molar-refractivity contribution in [2.45, 2.75) is 31.9 Å². The number of ketones is 1. The average Bonchev–Trinajstić information content (AvgIpc) is 2.83. The molecule has 0 aliphatic heterocycles. The minimum absolute atomic E-state index is 0.101. The first-order valence-corrected chi connectivity index (χ1v) is 7.34. The molecule has 0 aliphatic carbocycles. The molecule has 0 amide bonds. The molecule has 0 aliphatic rings. The lowest BCUT2D eigenvalue weighted by atomic mass is 10.1. The highest BCUT2D eigenvalue weighted by Crippen LogP contribution is 2.18. The van der Waals surface area contributed by atoms with Gasteiger partial charge in [-0.15, -0.1) is 0 Å². The highest BCUT2D eigenvalue weighted by Gasteiger charge is 2.09. The Morgan fingerprint density at radius 1 is 1.32 bits per heavy atom. The third-order valence-electron chi connectivity index (χ3n) is 2.74. The molecular formula is C15H17NO2S. The fourth-order valence-corrected chi connectivity index (χ4v) is 2.50. The van der Waals surface area contributed by atoms with Gasteiger partial charge in [0.1, 0.15) is 6.26 Å². The molecule has 0 bridgehead atoms. The summed E-state index contributed by atoms with van der Waals surface area (Å²) < 4.78 is 5.20. The molecule has 0 N–H and O–H groups in total. The Hall–Kier alpha value is -1.55. The van der Waals surface area contributed by atoms with Gasteiger partial charge in [-0.3, -0.25) is 4.79 Å². The van der Waals surface area contributed by atoms with E-state index >= 15 is 0 Å². The number of aromatic nitrogens is 1. The standard InChI is InChI=1S/C15H17NO2S/c1-3-4-12-5-7-13(8-6-12)14(17)10-19-15-16-11(2)9-18-15/h5-9H,3-4,10H2,1-2H3. The quantitative estimate of drug-likeness (QED) is 0.592. The molecule has 19 heavy (non-hydrogen) atoms. The third kappa shape index (κ3) is 3.96. The van der Waals surface area contributed by atoms with Crippen molar-refractivity contribution >= 4 is 17.5 Å². The van der Waals surface area contributed by atoms with Crippen molar-refractivity contribution in [3.05, 3.63) is 47.3 Å². The lowest BCUT2D eigenvalue weighted by Crippen LogP contribution is -2.02. The van der Waals surface area contributed by atoms with Crippen molar-refractivity contribution in [1.82, 2.24) is 4.98 Å². The molecule has 0 unspecified atom stereocenters. The largest absolute Gasteiger partial charge is 0.440 e. The van der Waals surface area contributed by atoms with E-state index in [1.807, 2.05) is 31.2 Å². The van der Waals surface area contributed by atoms with E-state index in [0.29, 0.717) is 11.0 Å². The molecule has 1 aromatic heterocycles. The van der Waals surface area contributed by atoms with E-state index in [9.17, 15) is 4.79 Å². The molecule has 4 heteroatoms. The van der Waals surface area contributed by atoms with Crippen LogP contribution in [0, 0.1) is 6.92 Å². The predicted octanol–water partition coefficient (Wildman–Crippen LogP) is 3.91. The predicted molar refractivity (Wildman–Crippen MR) is 76.7 cm³/mol. The normalized spacial score (nSPS) is 10.6. The Bertz CT molecular complexity index is 546. The van der Waals surface area contributed by atoms with Gasteiger partial charge in [-0.1, -0.05) is 49.4 Å². The van der Waals surface area contributed by atoms with Gasteiger partial charge in [0, 0.05) is 5.56 Å². The van der Waals surface area contributed by atoms with Gasteiger partial charge in [-0.25, -0.2) is 4.98 Å². The summed E-state index contributed by atoms with van der Waals surface area (Å²) in [5.41, 5.74) is 2.85. The monoisotopic (exact) mass is 275 g/mol. The molecule has 0 radical (unpaired) electrons. The lowest BCUT2D eigenvalue weighted by molar-refractivity contribution is 0.102. The number of hydrogen-bond donors (Lipinski definition) is 0. The topological polar surface area (TPSA) is 43.1 Å². The number of hydrogen-bond acceptors (Lipinski definition) is 4. The van der Waals surface area contributed by atoms with Crippen molar-refractivity contribution in [2.24, 2.45) is 0 Å². The molecule has 2 rings (SSSR count). The molecule has 0 spiro atoms. The van der Waals surface area contributed by atoms with Gasteiger partial charge in [0.05, 0.1) is 11.4 Å². The maximum absolute atomic E-state index is 12.0. The lowest BCUT2D eigenvalue weighted by Gasteiger charge is -2.02. The van der Waals surface area contributed by atoms with Crippen LogP contribution in [0.25, 0.3) is 0 Å². The van der Waals surface area contributed by atoms with Gasteiger partial charge in [-0.05, 0) is 18.9 Å². The van der Waals surface area contributed by atoms with Crippen molar-refractivity contribution in [1.29, 1.82) is 0 Å². The van der Waals surface area contributed by atoms with E-state index in [4.69, 9.17) is 4.42 Å². The van der Waals surface area contributed by atoms with Crippen LogP contribution in [0.3, 0.4) is 0 Å². The maximum Gasteiger partial charge on any atom is 0.256 e. The molecule has 100 valence electrons. The van der Waals surface area contributed by atoms with E-state index in [0.717, 1.165) is 24.1 Å². The second-order valence-electron chi connectivity index (χ2n) is 4.41. The second kappa shape index (κ2) is 6.57. The Labute approximate surface area is 117 Å². The first-order valence-electron chi connectivity index (χ1n) is 6.36. The van der Waals surface area contributed by atoms with Crippen molar-refractivity contribution < 1.29 is 9.21 Å². The number of aryl methyl sites for hydroxylation is 2. The molecule has 1 aromatic carbocycles. The number of benzene rings is 1. The van der Waals surface area contributed by atoms with Crippen molar-refractivity contribution in [2.75, 3.05) is 5.75 Å². The van der Waals surface area contributed by atoms with Crippen LogP contribution in [0.1, 0.15) is 35.0 Å². The Morgan fingerprint density at radius 3 is 2.63 bits per heavy atom. The van der Waals surface area contributed by atoms with Gasteiger partial charge < -0.3 is 4.42 Å². The van der Waals surface area contributed by atoms with Gasteiger partial charge in [0.15, 0.2) is 5.78 Å². The SMILES string of the molecule is CCCc1ccc(C(=O)CSc2nc(C)co2)cc1. The zero-order valence-corrected chi connectivity index (χ0v) is 12.0. The van der Waals surface area contributed by atoms with Gasteiger partial charge >= 0.3 is 0 Å². The molecule has 2 aromatic rings. The van der Waals surface area contributed by atoms with Crippen LogP contribution in [0.5, 0.6) is 0 Å². The molecule has 0 fully saturated rings. The van der Waals surface area contributed by atoms with E-state index in [-0.39, 0.29) is 5.78 Å². The highest BCUT2D eigenvalue weighted by atomic mass is 32.2. The van der Waals surface area contributed by atoms with Crippen LogP contribution in [-0.2, 0) is 6.42 Å². The number of carbonyl (C=O) groups is 1. The Balaban J connectivity index is 1.92. The van der Waals surface area contributed by atoms with E-state index in [1.54, 1.807) is 6.26 Å². The Morgan fingerprint density at radius 2 is 2.05 bits per heavy atom. The summed E-state index contributed by atoms with van der Waals surface area (Å²) in [5.74, 6) is 0.455. The summed E-state index contributed by atoms with van der Waals surface area (Å²) in [6.45, 7) is 4.01. The average molecular weight is 275 g/mol. The van der Waals surface area contributed by atoms with E-state index in [2.05, 4.69) is 11.9 Å². The van der Waals surface area contributed by atoms with E-state index in [1.165, 1.54) is 17.3 Å². The molecule has 0 atom stereocenters. The molecular weight excluding hydrogens is 258 g/mol. The highest BCUT2D eigenvalue weighted by molar-refractivity contribution is 7.99. The van der Waals surface area contributed by atoms with Crippen LogP contribution >= 0.6 is 11.8 Å². The fourth-order valence-electron chi connectivity index (χ4n) is 1.76. The minimum Gasteiger partial charge on any atom is -0.440 e. The number of Topliss-reactive ketones (excluding diaryl/α,β-unsaturated/α-hetero) is 1. The zero-order chi connectivity index (χ0) is 13.7. The summed E-state index contributed by atoms with van der Waals surface area (Å²) in [5, 5.41) is 0.549. The van der Waals surface area contributed by atoms with Crippen LogP contribution in [0.4, 0.5) is 0 Å². The summed E-state index contributed by atoms with van der Waals surface area (Å²) in [4.78, 5) is 16.2. The number of thioether (sulfide) groups is 1. The summed E-state index contributed by atoms with van der Waals surface area (Å²) in [7, 11) is 0. The number of oxazole rings is 1. The number of nitrogens with zero attached hydrogens (tertiary/aromatic N) is 1. The van der Waals surface area contributed by atoms with Gasteiger partial charge in [0.2, 0.25) is 0 Å². The second-order valence-corrected chi connectivity index (χ2v) is 5.34. The first kappa shape index (κ1) is 13.9. The molecule has 3 nitrogen and oxygen atoms in total. The van der Waals surface area contributed by atoms with E-state index < -0.39 is 0 Å². The van der Waals surface area contributed by atoms with Crippen LogP contribution in [-0.4, -0.2) is 16.5 Å². The summed E-state index contributed by atoms with van der Waals surface area (Å²) >= 11 is 1.33. The smallest absolute Gasteiger partial charge is 0.256 e. The fraction of sp³-hybridized carbons (Fsp3) is 0.333. The summed E-state index contributed by atoms with van der Waals surface area (Å²) in [6.07, 6.45) is 3.76. The molecule has 0 saturated heterocycles. The van der Waals surface area contributed by atoms with Gasteiger partial charge in [-0.2, -0.15) is 0 Å². The van der Waals surface area contributed by atoms with Crippen LogP contribution in [0.15, 0.2) is 40.2 Å². The maximum atomic E-state index is 12.0. The molecule has 0 saturated carbocycles. The Kier molecular flexibility index (Phi) is 4.80. The number of carbonyl (C=O) groups excluding carboxylic acids is 1. The first-order chi connectivity index (χ1) is 9.19. The zero-order valence-electron chi connectivity index (χ0n) is 11.2. The summed E-state index contributed by atoms with van der Waals surface area (Å²) in [6, 6.07) is 7.84. The number of rotatable bonds is 6. The third-order valence-corrected chi connectivity index (χ3v) is 3.58. The van der Waals surface area contributed by atoms with Crippen LogP contribution in [0.2, 0.25) is 0 Å². The van der Waals surface area contributed by atoms with Crippen LogP contribution < -0.4 is 0 Å². The molecule has 1 heterocycles.